The molecule has 0 aliphatic carbocycles. The Hall–Kier alpha value is -0.700. The van der Waals surface area contributed by atoms with E-state index >= 15 is 0 Å². The van der Waals surface area contributed by atoms with Gasteiger partial charge < -0.3 is 15.4 Å². The standard InChI is InChI=1S/C9H19N3O4S/c1-10-17(14,15)5-3-12-9(13)6-8-7-16-4-2-11-8/h8,10-11H,2-7H2,1H3,(H,12,13). The molecule has 0 aromatic carbocycles. The lowest BCUT2D eigenvalue weighted by molar-refractivity contribution is -0.122. The molecule has 1 amide bonds. The van der Waals surface area contributed by atoms with Crippen LogP contribution in [0.5, 0.6) is 0 Å². The van der Waals surface area contributed by atoms with Crippen molar-refractivity contribution >= 4 is 15.9 Å². The molecular formula is C9H19N3O4S. The smallest absolute Gasteiger partial charge is 0.221 e. The van der Waals surface area contributed by atoms with Crippen molar-refractivity contribution in [3.05, 3.63) is 0 Å². The zero-order valence-electron chi connectivity index (χ0n) is 9.86. The Balaban J connectivity index is 2.16. The Kier molecular flexibility index (Phi) is 5.83. The van der Waals surface area contributed by atoms with E-state index in [4.69, 9.17) is 4.74 Å². The van der Waals surface area contributed by atoms with Crippen LogP contribution in [0.4, 0.5) is 0 Å². The van der Waals surface area contributed by atoms with Crippen LogP contribution in [-0.4, -0.2) is 59.5 Å². The monoisotopic (exact) mass is 265 g/mol. The van der Waals surface area contributed by atoms with Crippen LogP contribution in [0.25, 0.3) is 0 Å². The van der Waals surface area contributed by atoms with Crippen molar-refractivity contribution in [3.8, 4) is 0 Å². The molecule has 0 bridgehead atoms. The number of sulfonamides is 1. The van der Waals surface area contributed by atoms with Gasteiger partial charge in [-0.3, -0.25) is 4.79 Å². The number of carbonyl (C=O) groups excluding carboxylic acids is 1. The molecule has 7 nitrogen and oxygen atoms in total. The van der Waals surface area contributed by atoms with Gasteiger partial charge in [0.1, 0.15) is 0 Å². The van der Waals surface area contributed by atoms with Gasteiger partial charge in [-0.2, -0.15) is 0 Å². The largest absolute Gasteiger partial charge is 0.378 e. The minimum absolute atomic E-state index is 0.0182. The molecule has 0 radical (unpaired) electrons. The quantitative estimate of drug-likeness (QED) is 0.518. The summed E-state index contributed by atoms with van der Waals surface area (Å²) in [6.45, 7) is 2.04. The molecular weight excluding hydrogens is 246 g/mol. The third-order valence-electron chi connectivity index (χ3n) is 2.43. The van der Waals surface area contributed by atoms with Crippen LogP contribution in [0.3, 0.4) is 0 Å². The summed E-state index contributed by atoms with van der Waals surface area (Å²) >= 11 is 0. The predicted molar refractivity (Wildman–Crippen MR) is 63.1 cm³/mol. The highest BCUT2D eigenvalue weighted by atomic mass is 32.2. The molecule has 1 rings (SSSR count). The second-order valence-electron chi connectivity index (χ2n) is 3.80. The number of amides is 1. The molecule has 0 aromatic heterocycles. The molecule has 0 spiro atoms. The first kappa shape index (κ1) is 14.4. The number of hydrogen-bond acceptors (Lipinski definition) is 5. The first-order valence-electron chi connectivity index (χ1n) is 5.52. The number of nitrogens with one attached hydrogen (secondary N) is 3. The Morgan fingerprint density at radius 3 is 2.88 bits per heavy atom. The minimum atomic E-state index is -3.25. The SMILES string of the molecule is CNS(=O)(=O)CCNC(=O)CC1COCCN1. The minimum Gasteiger partial charge on any atom is -0.378 e. The summed E-state index contributed by atoms with van der Waals surface area (Å²) in [4.78, 5) is 11.5. The third kappa shape index (κ3) is 5.97. The van der Waals surface area contributed by atoms with Gasteiger partial charge in [-0.15, -0.1) is 0 Å². The average molecular weight is 265 g/mol. The van der Waals surface area contributed by atoms with Crippen molar-refractivity contribution in [2.24, 2.45) is 0 Å². The lowest BCUT2D eigenvalue weighted by Crippen LogP contribution is -2.44. The molecule has 1 aliphatic heterocycles. The fraction of sp³-hybridized carbons (Fsp3) is 0.889. The Morgan fingerprint density at radius 2 is 2.29 bits per heavy atom. The Labute approximate surface area is 101 Å². The van der Waals surface area contributed by atoms with E-state index in [1.165, 1.54) is 7.05 Å². The highest BCUT2D eigenvalue weighted by molar-refractivity contribution is 7.89. The molecule has 1 fully saturated rings. The van der Waals surface area contributed by atoms with Crippen LogP contribution in [0, 0.1) is 0 Å². The van der Waals surface area contributed by atoms with Crippen molar-refractivity contribution in [2.45, 2.75) is 12.5 Å². The molecule has 0 saturated carbocycles. The summed E-state index contributed by atoms with van der Waals surface area (Å²) in [6.07, 6.45) is 0.305. The normalized spacial score (nSPS) is 21.1. The van der Waals surface area contributed by atoms with E-state index in [2.05, 4.69) is 15.4 Å². The Bertz CT molecular complexity index is 338. The maximum absolute atomic E-state index is 11.5. The van der Waals surface area contributed by atoms with E-state index in [0.717, 1.165) is 6.54 Å². The molecule has 0 aromatic rings. The molecule has 100 valence electrons. The van der Waals surface area contributed by atoms with E-state index < -0.39 is 10.0 Å². The second-order valence-corrected chi connectivity index (χ2v) is 5.85. The van der Waals surface area contributed by atoms with Crippen molar-refractivity contribution in [2.75, 3.05) is 39.1 Å². The average Bonchev–Trinajstić information content (AvgIpc) is 2.30. The van der Waals surface area contributed by atoms with Crippen LogP contribution < -0.4 is 15.4 Å². The van der Waals surface area contributed by atoms with Crippen LogP contribution in [0.15, 0.2) is 0 Å². The molecule has 1 heterocycles. The molecule has 1 atom stereocenters. The van der Waals surface area contributed by atoms with Crippen LogP contribution in [0.2, 0.25) is 0 Å². The van der Waals surface area contributed by atoms with Crippen molar-refractivity contribution in [1.29, 1.82) is 0 Å². The topological polar surface area (TPSA) is 96.5 Å². The van der Waals surface area contributed by atoms with E-state index in [9.17, 15) is 13.2 Å². The summed E-state index contributed by atoms with van der Waals surface area (Å²) in [5.41, 5.74) is 0. The van der Waals surface area contributed by atoms with Gasteiger partial charge >= 0.3 is 0 Å². The maximum atomic E-state index is 11.5. The van der Waals surface area contributed by atoms with E-state index in [0.29, 0.717) is 19.6 Å². The highest BCUT2D eigenvalue weighted by Gasteiger charge is 2.17. The summed E-state index contributed by atoms with van der Waals surface area (Å²) < 4.78 is 29.5. The fourth-order valence-corrected chi connectivity index (χ4v) is 2.05. The molecule has 3 N–H and O–H groups in total. The molecule has 8 heteroatoms. The number of morpholine rings is 1. The van der Waals surface area contributed by atoms with E-state index in [-0.39, 0.29) is 24.2 Å². The van der Waals surface area contributed by atoms with Crippen LogP contribution >= 0.6 is 0 Å². The first-order chi connectivity index (χ1) is 8.03. The van der Waals surface area contributed by atoms with Gasteiger partial charge in [0.15, 0.2) is 0 Å². The van der Waals surface area contributed by atoms with Gasteiger partial charge in [0, 0.05) is 25.6 Å². The Morgan fingerprint density at radius 1 is 1.53 bits per heavy atom. The molecule has 1 unspecified atom stereocenters. The second kappa shape index (κ2) is 6.90. The number of rotatable bonds is 6. The van der Waals surface area contributed by atoms with E-state index in [1.54, 1.807) is 0 Å². The van der Waals surface area contributed by atoms with Crippen molar-refractivity contribution < 1.29 is 17.9 Å². The maximum Gasteiger partial charge on any atom is 0.221 e. The van der Waals surface area contributed by atoms with Gasteiger partial charge in [0.2, 0.25) is 15.9 Å². The van der Waals surface area contributed by atoms with Crippen molar-refractivity contribution in [1.82, 2.24) is 15.4 Å². The number of carbonyl (C=O) groups is 1. The number of ether oxygens (including phenoxy) is 1. The number of hydrogen-bond donors (Lipinski definition) is 3. The first-order valence-corrected chi connectivity index (χ1v) is 7.18. The highest BCUT2D eigenvalue weighted by Crippen LogP contribution is 1.97. The van der Waals surface area contributed by atoms with Gasteiger partial charge in [-0.05, 0) is 7.05 Å². The molecule has 1 aliphatic rings. The van der Waals surface area contributed by atoms with Crippen LogP contribution in [-0.2, 0) is 19.6 Å². The summed E-state index contributed by atoms with van der Waals surface area (Å²) in [6, 6.07) is 0.0182. The summed E-state index contributed by atoms with van der Waals surface area (Å²) in [5.74, 6) is -0.275. The van der Waals surface area contributed by atoms with E-state index in [1.807, 2.05) is 0 Å². The lowest BCUT2D eigenvalue weighted by atomic mass is 10.2. The zero-order valence-corrected chi connectivity index (χ0v) is 10.7. The van der Waals surface area contributed by atoms with Gasteiger partial charge in [0.05, 0.1) is 19.0 Å². The third-order valence-corrected chi connectivity index (χ3v) is 3.80. The van der Waals surface area contributed by atoms with Gasteiger partial charge in [-0.1, -0.05) is 0 Å². The summed E-state index contributed by atoms with van der Waals surface area (Å²) in [5, 5.41) is 5.72. The van der Waals surface area contributed by atoms with Gasteiger partial charge in [-0.25, -0.2) is 13.1 Å². The molecule has 17 heavy (non-hydrogen) atoms. The molecule has 1 saturated heterocycles. The fourth-order valence-electron chi connectivity index (χ4n) is 1.47. The van der Waals surface area contributed by atoms with Crippen LogP contribution in [0.1, 0.15) is 6.42 Å². The lowest BCUT2D eigenvalue weighted by Gasteiger charge is -2.23. The zero-order chi connectivity index (χ0) is 12.7. The summed E-state index contributed by atoms with van der Waals surface area (Å²) in [7, 11) is -1.91. The predicted octanol–water partition coefficient (Wildman–Crippen LogP) is -1.97. The van der Waals surface area contributed by atoms with Crippen molar-refractivity contribution in [3.63, 3.8) is 0 Å². The van der Waals surface area contributed by atoms with Gasteiger partial charge in [0.25, 0.3) is 0 Å².